The first kappa shape index (κ1) is 19.8. The highest BCUT2D eigenvalue weighted by molar-refractivity contribution is 5.75. The van der Waals surface area contributed by atoms with Crippen LogP contribution >= 0.6 is 0 Å². The van der Waals surface area contributed by atoms with E-state index in [1.807, 2.05) is 18.2 Å². The second-order valence-electron chi connectivity index (χ2n) is 7.27. The molecule has 3 aromatic rings. The van der Waals surface area contributed by atoms with Crippen molar-refractivity contribution in [1.82, 2.24) is 9.97 Å². The minimum absolute atomic E-state index is 0.587. The average Bonchev–Trinajstić information content (AvgIpc) is 2.79. The van der Waals surface area contributed by atoms with Crippen molar-refractivity contribution in [1.29, 1.82) is 0 Å². The van der Waals surface area contributed by atoms with Crippen LogP contribution in [0.2, 0.25) is 0 Å². The molecule has 7 heteroatoms. The Balaban J connectivity index is 1.43. The van der Waals surface area contributed by atoms with Gasteiger partial charge in [-0.1, -0.05) is 30.3 Å². The van der Waals surface area contributed by atoms with Gasteiger partial charge in [-0.15, -0.1) is 0 Å². The van der Waals surface area contributed by atoms with Crippen LogP contribution in [0.5, 0.6) is 11.5 Å². The predicted octanol–water partition coefficient (Wildman–Crippen LogP) is 3.29. The maximum atomic E-state index is 6.43. The Morgan fingerprint density at radius 1 is 1.03 bits per heavy atom. The number of nitrogen functional groups attached to an aromatic ring is 1. The average molecular weight is 406 g/mol. The Morgan fingerprint density at radius 2 is 1.83 bits per heavy atom. The highest BCUT2D eigenvalue weighted by Crippen LogP contribution is 2.31. The number of fused-ring (bicyclic) bond motifs is 1. The second-order valence-corrected chi connectivity index (χ2v) is 7.27. The summed E-state index contributed by atoms with van der Waals surface area (Å²) in [7, 11) is 3.28. The molecule has 2 aromatic carbocycles. The van der Waals surface area contributed by atoms with Crippen molar-refractivity contribution in [3.63, 3.8) is 0 Å². The number of rotatable bonds is 7. The molecule has 3 N–H and O–H groups in total. The lowest BCUT2D eigenvalue weighted by molar-refractivity contribution is 0.354. The molecule has 1 aliphatic heterocycles. The van der Waals surface area contributed by atoms with Gasteiger partial charge in [0.05, 0.1) is 14.2 Å². The fraction of sp³-hybridized carbons (Fsp3) is 0.304. The predicted molar refractivity (Wildman–Crippen MR) is 119 cm³/mol. The first-order valence-electron chi connectivity index (χ1n) is 10.1. The van der Waals surface area contributed by atoms with Crippen molar-refractivity contribution in [3.05, 3.63) is 65.5 Å². The van der Waals surface area contributed by atoms with Gasteiger partial charge in [0.2, 0.25) is 0 Å². The zero-order valence-electron chi connectivity index (χ0n) is 17.4. The van der Waals surface area contributed by atoms with Gasteiger partial charge in [-0.05, 0) is 41.7 Å². The number of anilines is 3. The van der Waals surface area contributed by atoms with Gasteiger partial charge in [-0.3, -0.25) is 0 Å². The molecule has 0 saturated carbocycles. The second kappa shape index (κ2) is 8.90. The summed E-state index contributed by atoms with van der Waals surface area (Å²) in [5.41, 5.74) is 10.9. The van der Waals surface area contributed by atoms with E-state index in [4.69, 9.17) is 15.2 Å². The van der Waals surface area contributed by atoms with Gasteiger partial charge < -0.3 is 25.4 Å². The van der Waals surface area contributed by atoms with Crippen molar-refractivity contribution >= 4 is 17.3 Å². The standard InChI is InChI=1S/C23H27N5O2/c1-29-19-8-7-16(13-20(19)30-2)9-11-25-22-21(24)23(27-15-26-22)28-12-10-17-5-3-4-6-18(17)14-28/h3-8,13,15H,9-12,14,24H2,1-2H3,(H,25,26,27). The SMILES string of the molecule is COc1ccc(CCNc2ncnc(N3CCc4ccccc4C3)c2N)cc1OC. The van der Waals surface area contributed by atoms with E-state index in [1.54, 1.807) is 20.5 Å². The summed E-state index contributed by atoms with van der Waals surface area (Å²) < 4.78 is 10.7. The molecule has 0 atom stereocenters. The number of hydrogen-bond donors (Lipinski definition) is 2. The first-order valence-corrected chi connectivity index (χ1v) is 10.1. The van der Waals surface area contributed by atoms with E-state index in [-0.39, 0.29) is 0 Å². The third-order valence-electron chi connectivity index (χ3n) is 5.45. The molecule has 0 radical (unpaired) electrons. The maximum Gasteiger partial charge on any atom is 0.160 e. The molecule has 0 bridgehead atoms. The molecule has 0 amide bonds. The van der Waals surface area contributed by atoms with Crippen molar-refractivity contribution in [2.75, 3.05) is 43.3 Å². The zero-order chi connectivity index (χ0) is 20.9. The summed E-state index contributed by atoms with van der Waals surface area (Å²) in [6, 6.07) is 14.5. The smallest absolute Gasteiger partial charge is 0.160 e. The molecule has 1 aliphatic rings. The van der Waals surface area contributed by atoms with E-state index in [9.17, 15) is 0 Å². The van der Waals surface area contributed by atoms with Crippen LogP contribution in [0.15, 0.2) is 48.8 Å². The van der Waals surface area contributed by atoms with Gasteiger partial charge in [0, 0.05) is 19.6 Å². The van der Waals surface area contributed by atoms with Crippen LogP contribution in [-0.4, -0.2) is 37.3 Å². The third-order valence-corrected chi connectivity index (χ3v) is 5.45. The van der Waals surface area contributed by atoms with Crippen molar-refractivity contribution < 1.29 is 9.47 Å². The summed E-state index contributed by atoms with van der Waals surface area (Å²) >= 11 is 0. The van der Waals surface area contributed by atoms with Gasteiger partial charge in [0.25, 0.3) is 0 Å². The van der Waals surface area contributed by atoms with Crippen LogP contribution < -0.4 is 25.4 Å². The van der Waals surface area contributed by atoms with Crippen LogP contribution in [0.3, 0.4) is 0 Å². The van der Waals surface area contributed by atoms with E-state index in [0.717, 1.165) is 48.8 Å². The lowest BCUT2D eigenvalue weighted by Gasteiger charge is -2.30. The van der Waals surface area contributed by atoms with Crippen LogP contribution in [-0.2, 0) is 19.4 Å². The highest BCUT2D eigenvalue weighted by atomic mass is 16.5. The van der Waals surface area contributed by atoms with Crippen LogP contribution in [0.4, 0.5) is 17.3 Å². The monoisotopic (exact) mass is 405 g/mol. The lowest BCUT2D eigenvalue weighted by atomic mass is 10.00. The maximum absolute atomic E-state index is 6.43. The van der Waals surface area contributed by atoms with Crippen LogP contribution in [0.25, 0.3) is 0 Å². The van der Waals surface area contributed by atoms with Crippen molar-refractivity contribution in [2.45, 2.75) is 19.4 Å². The number of methoxy groups -OCH3 is 2. The summed E-state index contributed by atoms with van der Waals surface area (Å²) in [5.74, 6) is 2.90. The van der Waals surface area contributed by atoms with E-state index in [1.165, 1.54) is 11.1 Å². The summed E-state index contributed by atoms with van der Waals surface area (Å²) in [6.45, 7) is 2.39. The van der Waals surface area contributed by atoms with Gasteiger partial charge >= 0.3 is 0 Å². The lowest BCUT2D eigenvalue weighted by Crippen LogP contribution is -2.32. The van der Waals surface area contributed by atoms with E-state index < -0.39 is 0 Å². The molecule has 0 saturated heterocycles. The molecule has 2 heterocycles. The molecular weight excluding hydrogens is 378 g/mol. The Morgan fingerprint density at radius 3 is 2.63 bits per heavy atom. The summed E-state index contributed by atoms with van der Waals surface area (Å²) in [6.07, 6.45) is 3.36. The van der Waals surface area contributed by atoms with Crippen LogP contribution in [0.1, 0.15) is 16.7 Å². The quantitative estimate of drug-likeness (QED) is 0.624. The minimum Gasteiger partial charge on any atom is -0.493 e. The topological polar surface area (TPSA) is 85.5 Å². The number of nitrogens with zero attached hydrogens (tertiary/aromatic N) is 3. The molecule has 0 aliphatic carbocycles. The molecule has 30 heavy (non-hydrogen) atoms. The van der Waals surface area contributed by atoms with Gasteiger partial charge in [0.15, 0.2) is 23.1 Å². The Labute approximate surface area is 176 Å². The molecule has 4 rings (SSSR count). The van der Waals surface area contributed by atoms with Crippen molar-refractivity contribution in [2.24, 2.45) is 0 Å². The molecule has 0 unspecified atom stereocenters. The number of nitrogens with two attached hydrogens (primary N) is 1. The number of benzene rings is 2. The van der Waals surface area contributed by atoms with Crippen LogP contribution in [0, 0.1) is 0 Å². The Hall–Kier alpha value is -3.48. The fourth-order valence-corrected chi connectivity index (χ4v) is 3.82. The molecule has 156 valence electrons. The number of aromatic nitrogens is 2. The van der Waals surface area contributed by atoms with E-state index in [0.29, 0.717) is 18.1 Å². The van der Waals surface area contributed by atoms with Gasteiger partial charge in [-0.25, -0.2) is 9.97 Å². The molecule has 7 nitrogen and oxygen atoms in total. The molecule has 1 aromatic heterocycles. The fourth-order valence-electron chi connectivity index (χ4n) is 3.82. The van der Waals surface area contributed by atoms with E-state index in [2.05, 4.69) is 44.5 Å². The Kier molecular flexibility index (Phi) is 5.88. The summed E-state index contributed by atoms with van der Waals surface area (Å²) in [5, 5.41) is 3.35. The normalized spacial score (nSPS) is 12.9. The highest BCUT2D eigenvalue weighted by Gasteiger charge is 2.20. The largest absolute Gasteiger partial charge is 0.493 e. The summed E-state index contributed by atoms with van der Waals surface area (Å²) in [4.78, 5) is 11.0. The zero-order valence-corrected chi connectivity index (χ0v) is 17.4. The molecular formula is C23H27N5O2. The Bertz CT molecular complexity index is 1020. The third kappa shape index (κ3) is 4.10. The number of nitrogens with one attached hydrogen (secondary N) is 1. The molecule has 0 spiro atoms. The number of ether oxygens (including phenoxy) is 2. The molecule has 0 fully saturated rings. The minimum atomic E-state index is 0.587. The van der Waals surface area contributed by atoms with Gasteiger partial charge in [0.1, 0.15) is 12.0 Å². The van der Waals surface area contributed by atoms with Gasteiger partial charge in [-0.2, -0.15) is 0 Å². The van der Waals surface area contributed by atoms with Crippen molar-refractivity contribution in [3.8, 4) is 11.5 Å². The number of hydrogen-bond acceptors (Lipinski definition) is 7. The van der Waals surface area contributed by atoms with E-state index >= 15 is 0 Å². The first-order chi connectivity index (χ1) is 14.7.